The van der Waals surface area contributed by atoms with Gasteiger partial charge in [0.1, 0.15) is 17.8 Å². The number of nitrogens with zero attached hydrogens (tertiary/aromatic N) is 4. The first kappa shape index (κ1) is 15.1. The van der Waals surface area contributed by atoms with Crippen molar-refractivity contribution in [1.82, 2.24) is 19.9 Å². The molecule has 0 unspecified atom stereocenters. The number of fused-ring (bicyclic) bond motifs is 1. The standard InChI is InChI=1S/C19H23N5/c1-23(19-17-7-10-20-18(17)21-14-22-19)16-8-11-24(12-9-16)13-15-5-3-2-4-6-15/h2-7,10,14,16H,8-9,11-13H2,1H3,(H,20,21,22). The largest absolute Gasteiger partial charge is 0.356 e. The van der Waals surface area contributed by atoms with Gasteiger partial charge in [-0.2, -0.15) is 0 Å². The minimum absolute atomic E-state index is 0.532. The smallest absolute Gasteiger partial charge is 0.142 e. The molecule has 2 aromatic heterocycles. The number of piperidine rings is 1. The van der Waals surface area contributed by atoms with Crippen molar-refractivity contribution in [2.24, 2.45) is 0 Å². The Morgan fingerprint density at radius 2 is 1.92 bits per heavy atom. The van der Waals surface area contributed by atoms with Gasteiger partial charge in [-0.25, -0.2) is 9.97 Å². The van der Waals surface area contributed by atoms with E-state index in [1.54, 1.807) is 6.33 Å². The van der Waals surface area contributed by atoms with Crippen molar-refractivity contribution in [3.8, 4) is 0 Å². The van der Waals surface area contributed by atoms with Crippen LogP contribution in [-0.4, -0.2) is 46.0 Å². The molecule has 1 N–H and O–H groups in total. The Morgan fingerprint density at radius 1 is 1.12 bits per heavy atom. The van der Waals surface area contributed by atoms with Crippen LogP contribution in [0.25, 0.3) is 11.0 Å². The zero-order valence-electron chi connectivity index (χ0n) is 14.0. The molecule has 0 radical (unpaired) electrons. The monoisotopic (exact) mass is 321 g/mol. The van der Waals surface area contributed by atoms with E-state index in [0.29, 0.717) is 6.04 Å². The summed E-state index contributed by atoms with van der Waals surface area (Å²) >= 11 is 0. The Morgan fingerprint density at radius 3 is 2.71 bits per heavy atom. The topological polar surface area (TPSA) is 48.1 Å². The van der Waals surface area contributed by atoms with Crippen LogP contribution in [0.3, 0.4) is 0 Å². The number of anilines is 1. The van der Waals surface area contributed by atoms with Crippen LogP contribution in [0.1, 0.15) is 18.4 Å². The average molecular weight is 321 g/mol. The summed E-state index contributed by atoms with van der Waals surface area (Å²) in [5.74, 6) is 1.03. The van der Waals surface area contributed by atoms with Gasteiger partial charge in [-0.1, -0.05) is 30.3 Å². The second kappa shape index (κ2) is 6.61. The highest BCUT2D eigenvalue weighted by atomic mass is 15.2. The number of aromatic nitrogens is 3. The highest BCUT2D eigenvalue weighted by Gasteiger charge is 2.24. The number of likely N-dealkylation sites (tertiary alicyclic amines) is 1. The SMILES string of the molecule is CN(c1ncnc2[nH]ccc12)C1CCN(Cc2ccccc2)CC1. The molecule has 24 heavy (non-hydrogen) atoms. The third-order valence-corrected chi connectivity index (χ3v) is 5.02. The van der Waals surface area contributed by atoms with Crippen molar-refractivity contribution < 1.29 is 0 Å². The Bertz CT molecular complexity index is 790. The molecule has 0 amide bonds. The van der Waals surface area contributed by atoms with Crippen molar-refractivity contribution in [3.05, 3.63) is 54.5 Å². The van der Waals surface area contributed by atoms with Gasteiger partial charge in [0.25, 0.3) is 0 Å². The molecular weight excluding hydrogens is 298 g/mol. The van der Waals surface area contributed by atoms with Gasteiger partial charge in [0.15, 0.2) is 0 Å². The number of H-pyrrole nitrogens is 1. The molecule has 0 spiro atoms. The molecule has 1 aliphatic heterocycles. The molecule has 0 atom stereocenters. The van der Waals surface area contributed by atoms with Crippen molar-refractivity contribution >= 4 is 16.9 Å². The summed E-state index contributed by atoms with van der Waals surface area (Å²) in [6.07, 6.45) is 5.91. The van der Waals surface area contributed by atoms with Crippen molar-refractivity contribution in [1.29, 1.82) is 0 Å². The first-order valence-electron chi connectivity index (χ1n) is 8.58. The first-order chi connectivity index (χ1) is 11.8. The molecule has 3 aromatic rings. The molecule has 0 aliphatic carbocycles. The number of hydrogen-bond donors (Lipinski definition) is 1. The van der Waals surface area contributed by atoms with Crippen molar-refractivity contribution in [3.63, 3.8) is 0 Å². The average Bonchev–Trinajstić information content (AvgIpc) is 3.11. The predicted molar refractivity (Wildman–Crippen MR) is 97.0 cm³/mol. The third-order valence-electron chi connectivity index (χ3n) is 5.02. The van der Waals surface area contributed by atoms with Crippen LogP contribution in [0.15, 0.2) is 48.9 Å². The van der Waals surface area contributed by atoms with E-state index < -0.39 is 0 Å². The molecule has 0 bridgehead atoms. The Kier molecular flexibility index (Phi) is 4.17. The van der Waals surface area contributed by atoms with E-state index >= 15 is 0 Å². The van der Waals surface area contributed by atoms with Crippen molar-refractivity contribution in [2.75, 3.05) is 25.0 Å². The molecule has 124 valence electrons. The molecule has 4 rings (SSSR count). The maximum absolute atomic E-state index is 4.52. The summed E-state index contributed by atoms with van der Waals surface area (Å²) in [6, 6.07) is 13.3. The van der Waals surface area contributed by atoms with E-state index in [-0.39, 0.29) is 0 Å². The predicted octanol–water partition coefficient (Wildman–Crippen LogP) is 3.06. The quantitative estimate of drug-likeness (QED) is 0.802. The van der Waals surface area contributed by atoms with Gasteiger partial charge in [-0.05, 0) is 24.5 Å². The molecule has 3 heterocycles. The second-order valence-corrected chi connectivity index (χ2v) is 6.54. The summed E-state index contributed by atoms with van der Waals surface area (Å²) < 4.78 is 0. The molecule has 1 aliphatic rings. The van der Waals surface area contributed by atoms with E-state index in [4.69, 9.17) is 0 Å². The normalized spacial score (nSPS) is 16.5. The number of nitrogens with one attached hydrogen (secondary N) is 1. The van der Waals surface area contributed by atoms with Gasteiger partial charge in [0, 0.05) is 38.9 Å². The zero-order valence-corrected chi connectivity index (χ0v) is 14.0. The van der Waals surface area contributed by atoms with E-state index in [1.807, 2.05) is 6.20 Å². The van der Waals surface area contributed by atoms with E-state index in [1.165, 1.54) is 18.4 Å². The van der Waals surface area contributed by atoms with E-state index in [0.717, 1.165) is 36.5 Å². The lowest BCUT2D eigenvalue weighted by Gasteiger charge is -2.37. The maximum atomic E-state index is 4.52. The number of hydrogen-bond acceptors (Lipinski definition) is 4. The maximum Gasteiger partial charge on any atom is 0.142 e. The molecule has 0 saturated carbocycles. The highest BCUT2D eigenvalue weighted by Crippen LogP contribution is 2.26. The first-order valence-corrected chi connectivity index (χ1v) is 8.58. The summed E-state index contributed by atoms with van der Waals surface area (Å²) in [6.45, 7) is 3.31. The molecule has 5 nitrogen and oxygen atoms in total. The summed E-state index contributed by atoms with van der Waals surface area (Å²) in [4.78, 5) is 16.9. The Balaban J connectivity index is 1.41. The third kappa shape index (κ3) is 2.99. The fourth-order valence-electron chi connectivity index (χ4n) is 3.62. The number of benzene rings is 1. The molecule has 1 fully saturated rings. The van der Waals surface area contributed by atoms with Crippen LogP contribution in [-0.2, 0) is 6.54 Å². The van der Waals surface area contributed by atoms with E-state index in [2.05, 4.69) is 68.2 Å². The number of rotatable bonds is 4. The van der Waals surface area contributed by atoms with Crippen LogP contribution in [0, 0.1) is 0 Å². The van der Waals surface area contributed by atoms with Crippen LogP contribution in [0.5, 0.6) is 0 Å². The minimum atomic E-state index is 0.532. The van der Waals surface area contributed by atoms with Crippen molar-refractivity contribution in [2.45, 2.75) is 25.4 Å². The fourth-order valence-corrected chi connectivity index (χ4v) is 3.62. The van der Waals surface area contributed by atoms with Gasteiger partial charge in [0.05, 0.1) is 5.39 Å². The molecule has 1 saturated heterocycles. The molecule has 1 aromatic carbocycles. The van der Waals surface area contributed by atoms with Crippen LogP contribution < -0.4 is 4.90 Å². The molecular formula is C19H23N5. The van der Waals surface area contributed by atoms with Gasteiger partial charge in [0.2, 0.25) is 0 Å². The fraction of sp³-hybridized carbons (Fsp3) is 0.368. The van der Waals surface area contributed by atoms with Gasteiger partial charge in [-0.15, -0.1) is 0 Å². The van der Waals surface area contributed by atoms with Gasteiger partial charge < -0.3 is 9.88 Å². The van der Waals surface area contributed by atoms with Crippen LogP contribution in [0.4, 0.5) is 5.82 Å². The summed E-state index contributed by atoms with van der Waals surface area (Å²) in [5, 5.41) is 1.10. The van der Waals surface area contributed by atoms with Gasteiger partial charge in [-0.3, -0.25) is 4.90 Å². The second-order valence-electron chi connectivity index (χ2n) is 6.54. The van der Waals surface area contributed by atoms with Crippen LogP contribution in [0.2, 0.25) is 0 Å². The Hall–Kier alpha value is -2.40. The van der Waals surface area contributed by atoms with Gasteiger partial charge >= 0.3 is 0 Å². The van der Waals surface area contributed by atoms with E-state index in [9.17, 15) is 0 Å². The lowest BCUT2D eigenvalue weighted by molar-refractivity contribution is 0.203. The zero-order chi connectivity index (χ0) is 16.4. The van der Waals surface area contributed by atoms with Crippen LogP contribution >= 0.6 is 0 Å². The summed E-state index contributed by atoms with van der Waals surface area (Å²) in [7, 11) is 2.16. The molecule has 5 heteroatoms. The minimum Gasteiger partial charge on any atom is -0.356 e. The summed E-state index contributed by atoms with van der Waals surface area (Å²) in [5.41, 5.74) is 2.31. The highest BCUT2D eigenvalue weighted by molar-refractivity contribution is 5.87. The number of aromatic amines is 1. The lowest BCUT2D eigenvalue weighted by atomic mass is 10.0. The Labute approximate surface area is 142 Å². The lowest BCUT2D eigenvalue weighted by Crippen LogP contribution is -2.43.